The van der Waals surface area contributed by atoms with Crippen LogP contribution in [0.1, 0.15) is 26.7 Å². The molecule has 0 saturated carbocycles. The third-order valence-electron chi connectivity index (χ3n) is 2.90. The fraction of sp³-hybridized carbons (Fsp3) is 0.538. The lowest BCUT2D eigenvalue weighted by atomic mass is 10.0. The van der Waals surface area contributed by atoms with Crippen molar-refractivity contribution in [3.8, 4) is 5.75 Å². The Morgan fingerprint density at radius 1 is 1.29 bits per heavy atom. The molecule has 4 heteroatoms. The molecule has 0 aliphatic carbocycles. The third kappa shape index (κ3) is 3.48. The molecular formula is C13H18INO2. The van der Waals surface area contributed by atoms with Crippen molar-refractivity contribution >= 4 is 28.3 Å². The molecule has 2 unspecified atom stereocenters. The molecule has 1 heterocycles. The highest BCUT2D eigenvalue weighted by Crippen LogP contribution is 2.28. The van der Waals surface area contributed by atoms with E-state index in [9.17, 15) is 0 Å². The molecule has 0 spiro atoms. The van der Waals surface area contributed by atoms with Crippen molar-refractivity contribution in [2.24, 2.45) is 0 Å². The second-order valence-electron chi connectivity index (χ2n) is 4.66. The summed E-state index contributed by atoms with van der Waals surface area (Å²) in [4.78, 5) is 0. The number of rotatable bonds is 2. The van der Waals surface area contributed by atoms with Gasteiger partial charge in [0.25, 0.3) is 0 Å². The van der Waals surface area contributed by atoms with Crippen molar-refractivity contribution in [3.05, 3.63) is 21.8 Å². The van der Waals surface area contributed by atoms with Crippen LogP contribution in [-0.2, 0) is 4.74 Å². The van der Waals surface area contributed by atoms with Gasteiger partial charge in [0, 0.05) is 18.5 Å². The normalized spacial score (nSPS) is 29.0. The molecule has 17 heavy (non-hydrogen) atoms. The number of benzene rings is 1. The summed E-state index contributed by atoms with van der Waals surface area (Å²) < 4.78 is 12.8. The molecule has 94 valence electrons. The minimum atomic E-state index is 0.242. The van der Waals surface area contributed by atoms with Gasteiger partial charge in [-0.25, -0.2) is 0 Å². The van der Waals surface area contributed by atoms with Crippen LogP contribution in [0, 0.1) is 3.57 Å². The minimum Gasteiger partial charge on any atom is -0.489 e. The van der Waals surface area contributed by atoms with Crippen LogP contribution in [0.25, 0.3) is 0 Å². The number of nitrogens with two attached hydrogens (primary N) is 1. The largest absolute Gasteiger partial charge is 0.489 e. The maximum Gasteiger partial charge on any atom is 0.133 e. The maximum absolute atomic E-state index is 6.04. The highest BCUT2D eigenvalue weighted by Gasteiger charge is 2.26. The third-order valence-corrected chi connectivity index (χ3v) is 3.75. The van der Waals surface area contributed by atoms with Gasteiger partial charge in [-0.1, -0.05) is 0 Å². The summed E-state index contributed by atoms with van der Waals surface area (Å²) in [6.45, 7) is 4.19. The minimum absolute atomic E-state index is 0.242. The van der Waals surface area contributed by atoms with E-state index < -0.39 is 0 Å². The van der Waals surface area contributed by atoms with Gasteiger partial charge in [0.15, 0.2) is 0 Å². The highest BCUT2D eigenvalue weighted by molar-refractivity contribution is 14.1. The van der Waals surface area contributed by atoms with Crippen molar-refractivity contribution in [1.82, 2.24) is 0 Å². The Labute approximate surface area is 116 Å². The van der Waals surface area contributed by atoms with Crippen molar-refractivity contribution < 1.29 is 9.47 Å². The molecule has 0 radical (unpaired) electrons. The fourth-order valence-electron chi connectivity index (χ4n) is 2.23. The number of halogens is 1. The smallest absolute Gasteiger partial charge is 0.133 e. The fourth-order valence-corrected chi connectivity index (χ4v) is 2.90. The van der Waals surface area contributed by atoms with E-state index in [-0.39, 0.29) is 18.3 Å². The van der Waals surface area contributed by atoms with Gasteiger partial charge in [-0.2, -0.15) is 0 Å². The van der Waals surface area contributed by atoms with Crippen LogP contribution in [0.5, 0.6) is 5.75 Å². The molecule has 0 bridgehead atoms. The number of ether oxygens (including phenoxy) is 2. The van der Waals surface area contributed by atoms with Crippen molar-refractivity contribution in [1.29, 1.82) is 0 Å². The van der Waals surface area contributed by atoms with Gasteiger partial charge in [-0.15, -0.1) is 0 Å². The quantitative estimate of drug-likeness (QED) is 0.660. The average molecular weight is 347 g/mol. The molecule has 2 N–H and O–H groups in total. The van der Waals surface area contributed by atoms with Gasteiger partial charge >= 0.3 is 0 Å². The summed E-state index contributed by atoms with van der Waals surface area (Å²) >= 11 is 2.26. The molecule has 1 aliphatic heterocycles. The summed E-state index contributed by atoms with van der Waals surface area (Å²) in [5.41, 5.74) is 6.50. The summed E-state index contributed by atoms with van der Waals surface area (Å²) in [5.74, 6) is 0.922. The number of nitrogen functional groups attached to an aromatic ring is 1. The molecule has 3 nitrogen and oxygen atoms in total. The van der Waals surface area contributed by atoms with Gasteiger partial charge in [0.2, 0.25) is 0 Å². The van der Waals surface area contributed by atoms with Crippen LogP contribution in [0.15, 0.2) is 18.2 Å². The summed E-state index contributed by atoms with van der Waals surface area (Å²) in [5, 5.41) is 0. The van der Waals surface area contributed by atoms with Gasteiger partial charge < -0.3 is 15.2 Å². The van der Waals surface area contributed by atoms with Gasteiger partial charge in [-0.05, 0) is 54.6 Å². The van der Waals surface area contributed by atoms with E-state index in [2.05, 4.69) is 36.4 Å². The topological polar surface area (TPSA) is 44.5 Å². The van der Waals surface area contributed by atoms with Crippen LogP contribution in [-0.4, -0.2) is 18.3 Å². The molecule has 2 rings (SSSR count). The van der Waals surface area contributed by atoms with E-state index in [1.165, 1.54) is 0 Å². The molecule has 1 fully saturated rings. The van der Waals surface area contributed by atoms with Gasteiger partial charge in [-0.3, -0.25) is 0 Å². The first-order valence-corrected chi connectivity index (χ1v) is 6.99. The lowest BCUT2D eigenvalue weighted by Crippen LogP contribution is -2.35. The molecule has 0 aromatic heterocycles. The Morgan fingerprint density at radius 3 is 2.53 bits per heavy atom. The first kappa shape index (κ1) is 13.0. The Morgan fingerprint density at radius 2 is 1.94 bits per heavy atom. The summed E-state index contributed by atoms with van der Waals surface area (Å²) in [7, 11) is 0. The Balaban J connectivity index is 2.04. The van der Waals surface area contributed by atoms with Crippen LogP contribution in [0.4, 0.5) is 5.69 Å². The van der Waals surface area contributed by atoms with Crippen molar-refractivity contribution in [2.45, 2.75) is 45.0 Å². The van der Waals surface area contributed by atoms with E-state index >= 15 is 0 Å². The second kappa shape index (κ2) is 5.44. The number of hydrogen-bond acceptors (Lipinski definition) is 3. The number of anilines is 1. The molecule has 2 atom stereocenters. The van der Waals surface area contributed by atoms with E-state index in [1.54, 1.807) is 0 Å². The van der Waals surface area contributed by atoms with E-state index in [4.69, 9.17) is 15.2 Å². The lowest BCUT2D eigenvalue weighted by Gasteiger charge is -2.32. The van der Waals surface area contributed by atoms with Gasteiger partial charge in [0.1, 0.15) is 11.9 Å². The zero-order valence-electron chi connectivity index (χ0n) is 10.2. The first-order chi connectivity index (χ1) is 8.04. The van der Waals surface area contributed by atoms with Crippen LogP contribution in [0.3, 0.4) is 0 Å². The second-order valence-corrected chi connectivity index (χ2v) is 5.82. The Hall–Kier alpha value is -0.490. The molecule has 1 aliphatic rings. The highest BCUT2D eigenvalue weighted by atomic mass is 127. The van der Waals surface area contributed by atoms with Crippen LogP contribution >= 0.6 is 22.6 Å². The zero-order valence-corrected chi connectivity index (χ0v) is 12.3. The van der Waals surface area contributed by atoms with Gasteiger partial charge in [0.05, 0.1) is 15.8 Å². The predicted octanol–water partition coefficient (Wildman–Crippen LogP) is 3.21. The van der Waals surface area contributed by atoms with Crippen LogP contribution in [0.2, 0.25) is 0 Å². The molecule has 1 aromatic rings. The standard InChI is InChI=1S/C13H18INO2/c1-8-5-11(6-9(2)16-8)17-13-4-3-10(15)7-12(13)14/h3-4,7-9,11H,5-6,15H2,1-2H3. The molecule has 1 aromatic carbocycles. The maximum atomic E-state index is 6.04. The molecule has 0 amide bonds. The first-order valence-electron chi connectivity index (χ1n) is 5.91. The predicted molar refractivity (Wildman–Crippen MR) is 77.2 cm³/mol. The molecule has 1 saturated heterocycles. The Kier molecular flexibility index (Phi) is 4.14. The van der Waals surface area contributed by atoms with Crippen molar-refractivity contribution in [3.63, 3.8) is 0 Å². The van der Waals surface area contributed by atoms with E-state index in [1.807, 2.05) is 18.2 Å². The monoisotopic (exact) mass is 347 g/mol. The van der Waals surface area contributed by atoms with E-state index in [0.29, 0.717) is 0 Å². The average Bonchev–Trinajstić information content (AvgIpc) is 2.21. The summed E-state index contributed by atoms with van der Waals surface area (Å²) in [6.07, 6.45) is 2.69. The Bertz CT molecular complexity index is 387. The van der Waals surface area contributed by atoms with Crippen molar-refractivity contribution in [2.75, 3.05) is 5.73 Å². The SMILES string of the molecule is CC1CC(Oc2ccc(N)cc2I)CC(C)O1. The summed E-state index contributed by atoms with van der Waals surface area (Å²) in [6, 6.07) is 5.76. The van der Waals surface area contributed by atoms with Crippen LogP contribution < -0.4 is 10.5 Å². The number of hydrogen-bond donors (Lipinski definition) is 1. The molecular weight excluding hydrogens is 329 g/mol. The lowest BCUT2D eigenvalue weighted by molar-refractivity contribution is -0.0723. The van der Waals surface area contributed by atoms with E-state index in [0.717, 1.165) is 27.8 Å². The zero-order chi connectivity index (χ0) is 12.4.